The van der Waals surface area contributed by atoms with Crippen LogP contribution in [0, 0.1) is 0 Å². The fourth-order valence-electron chi connectivity index (χ4n) is 3.31. The van der Waals surface area contributed by atoms with Crippen LogP contribution in [0.5, 0.6) is 0 Å². The SMILES string of the molecule is SSn1c2ccccc2c2ccc3sc4ccccc4c3c21. The third-order valence-corrected chi connectivity index (χ3v) is 6.38. The van der Waals surface area contributed by atoms with Gasteiger partial charge < -0.3 is 0 Å². The molecule has 5 rings (SSSR count). The Kier molecular flexibility index (Phi) is 2.74. The third-order valence-electron chi connectivity index (χ3n) is 4.21. The average molecular weight is 337 g/mol. The second-order valence-corrected chi connectivity index (χ2v) is 7.43. The number of nitrogens with zero attached hydrogens (tertiary/aromatic N) is 1. The molecule has 0 atom stereocenters. The molecule has 0 saturated heterocycles. The van der Waals surface area contributed by atoms with Crippen LogP contribution in [0.3, 0.4) is 0 Å². The summed E-state index contributed by atoms with van der Waals surface area (Å²) in [5, 5.41) is 5.26. The third kappa shape index (κ3) is 1.57. The second kappa shape index (κ2) is 4.69. The van der Waals surface area contributed by atoms with Crippen molar-refractivity contribution in [2.24, 2.45) is 0 Å². The lowest BCUT2D eigenvalue weighted by atomic mass is 10.1. The molecule has 2 heterocycles. The summed E-state index contributed by atoms with van der Waals surface area (Å²) in [6, 6.07) is 21.7. The number of para-hydroxylation sites is 1. The van der Waals surface area contributed by atoms with E-state index in [-0.39, 0.29) is 0 Å². The van der Waals surface area contributed by atoms with E-state index in [4.69, 9.17) is 0 Å². The van der Waals surface area contributed by atoms with E-state index in [9.17, 15) is 0 Å². The van der Waals surface area contributed by atoms with E-state index in [0.717, 1.165) is 0 Å². The van der Waals surface area contributed by atoms with E-state index in [0.29, 0.717) is 0 Å². The standard InChI is InChI=1S/C18H11NS3/c20-22-19-14-7-3-1-5-11(14)12-9-10-16-17(18(12)19)13-6-2-4-8-15(13)21-16/h1-10,20H. The highest BCUT2D eigenvalue weighted by atomic mass is 33.1. The molecule has 0 spiro atoms. The highest BCUT2D eigenvalue weighted by Crippen LogP contribution is 2.43. The summed E-state index contributed by atoms with van der Waals surface area (Å²) in [7, 11) is 1.48. The van der Waals surface area contributed by atoms with Crippen LogP contribution in [0.25, 0.3) is 42.0 Å². The van der Waals surface area contributed by atoms with Gasteiger partial charge in [0.05, 0.1) is 11.0 Å². The van der Waals surface area contributed by atoms with Gasteiger partial charge in [-0.2, -0.15) is 0 Å². The molecule has 0 aliphatic carbocycles. The number of benzene rings is 3. The predicted molar refractivity (Wildman–Crippen MR) is 104 cm³/mol. The lowest BCUT2D eigenvalue weighted by Gasteiger charge is -2.02. The lowest BCUT2D eigenvalue weighted by Crippen LogP contribution is -1.82. The second-order valence-electron chi connectivity index (χ2n) is 5.33. The van der Waals surface area contributed by atoms with Gasteiger partial charge in [-0.1, -0.05) is 54.1 Å². The molecule has 3 aromatic carbocycles. The van der Waals surface area contributed by atoms with Gasteiger partial charge in [0.2, 0.25) is 0 Å². The summed E-state index contributed by atoms with van der Waals surface area (Å²) in [5.74, 6) is 0. The Bertz CT molecular complexity index is 1170. The van der Waals surface area contributed by atoms with E-state index < -0.39 is 0 Å². The Morgan fingerprint density at radius 1 is 0.773 bits per heavy atom. The van der Waals surface area contributed by atoms with E-state index in [1.807, 2.05) is 11.3 Å². The Morgan fingerprint density at radius 3 is 2.41 bits per heavy atom. The van der Waals surface area contributed by atoms with Gasteiger partial charge >= 0.3 is 0 Å². The van der Waals surface area contributed by atoms with Crippen LogP contribution in [0.4, 0.5) is 0 Å². The normalized spacial score (nSPS) is 12.0. The monoisotopic (exact) mass is 337 g/mol. The minimum absolute atomic E-state index is 1.22. The first kappa shape index (κ1) is 12.9. The van der Waals surface area contributed by atoms with E-state index in [1.54, 1.807) is 0 Å². The Hall–Kier alpha value is -1.62. The number of hydrogen-bond acceptors (Lipinski definition) is 3. The van der Waals surface area contributed by atoms with E-state index in [1.165, 1.54) is 53.0 Å². The zero-order valence-corrected chi connectivity index (χ0v) is 14.0. The van der Waals surface area contributed by atoms with Gasteiger partial charge in [0.25, 0.3) is 0 Å². The van der Waals surface area contributed by atoms with Crippen LogP contribution in [-0.4, -0.2) is 3.97 Å². The molecular formula is C18H11NS3. The zero-order chi connectivity index (χ0) is 14.7. The molecule has 0 amide bonds. The minimum atomic E-state index is 1.22. The van der Waals surface area contributed by atoms with Gasteiger partial charge in [-0.25, -0.2) is 0 Å². The topological polar surface area (TPSA) is 4.93 Å². The number of thiol groups is 1. The van der Waals surface area contributed by atoms with Crippen molar-refractivity contribution in [2.75, 3.05) is 0 Å². The first-order valence-electron chi connectivity index (χ1n) is 7.04. The first-order chi connectivity index (χ1) is 10.9. The maximum absolute atomic E-state index is 4.51. The molecule has 0 saturated carbocycles. The number of aromatic nitrogens is 1. The molecule has 0 N–H and O–H groups in total. The number of thiophene rings is 1. The molecule has 2 aromatic heterocycles. The van der Waals surface area contributed by atoms with Crippen molar-refractivity contribution in [2.45, 2.75) is 0 Å². The molecule has 1 nitrogen and oxygen atoms in total. The zero-order valence-electron chi connectivity index (χ0n) is 11.5. The van der Waals surface area contributed by atoms with Gasteiger partial charge in [-0.3, -0.25) is 3.97 Å². The summed E-state index contributed by atoms with van der Waals surface area (Å²) in [4.78, 5) is 0. The lowest BCUT2D eigenvalue weighted by molar-refractivity contribution is 1.45. The molecule has 0 radical (unpaired) electrons. The molecule has 4 heteroatoms. The largest absolute Gasteiger partial charge is 0.274 e. The summed E-state index contributed by atoms with van der Waals surface area (Å²) < 4.78 is 4.92. The summed E-state index contributed by atoms with van der Waals surface area (Å²) in [6.07, 6.45) is 0. The molecule has 22 heavy (non-hydrogen) atoms. The van der Waals surface area contributed by atoms with Gasteiger partial charge in [-0.15, -0.1) is 11.3 Å². The van der Waals surface area contributed by atoms with Crippen LogP contribution in [0.15, 0.2) is 60.7 Å². The highest BCUT2D eigenvalue weighted by Gasteiger charge is 2.16. The Balaban J connectivity index is 2.17. The van der Waals surface area contributed by atoms with Crippen molar-refractivity contribution in [1.82, 2.24) is 3.97 Å². The molecule has 0 aliphatic heterocycles. The van der Waals surface area contributed by atoms with Gasteiger partial charge in [0, 0.05) is 41.9 Å². The van der Waals surface area contributed by atoms with Crippen LogP contribution < -0.4 is 0 Å². The Morgan fingerprint density at radius 2 is 1.55 bits per heavy atom. The molecule has 0 fully saturated rings. The predicted octanol–water partition coefficient (Wildman–Crippen LogP) is 6.50. The first-order valence-corrected chi connectivity index (χ1v) is 9.68. The maximum atomic E-state index is 4.51. The highest BCUT2D eigenvalue weighted by molar-refractivity contribution is 8.68. The van der Waals surface area contributed by atoms with Crippen LogP contribution in [0.1, 0.15) is 0 Å². The fourth-order valence-corrected chi connectivity index (χ4v) is 5.45. The van der Waals surface area contributed by atoms with Crippen LogP contribution >= 0.6 is 34.0 Å². The van der Waals surface area contributed by atoms with Crippen molar-refractivity contribution < 1.29 is 0 Å². The van der Waals surface area contributed by atoms with Crippen molar-refractivity contribution in [3.63, 3.8) is 0 Å². The van der Waals surface area contributed by atoms with Crippen molar-refractivity contribution in [3.05, 3.63) is 60.7 Å². The van der Waals surface area contributed by atoms with Crippen LogP contribution in [-0.2, 0) is 0 Å². The number of hydrogen-bond donors (Lipinski definition) is 1. The molecule has 0 bridgehead atoms. The van der Waals surface area contributed by atoms with Crippen molar-refractivity contribution in [3.8, 4) is 0 Å². The Labute approximate surface area is 140 Å². The van der Waals surface area contributed by atoms with Crippen molar-refractivity contribution in [1.29, 1.82) is 0 Å². The molecule has 0 unspecified atom stereocenters. The summed E-state index contributed by atoms with van der Waals surface area (Å²) in [6.45, 7) is 0. The summed E-state index contributed by atoms with van der Waals surface area (Å²) >= 11 is 6.37. The molecular weight excluding hydrogens is 326 g/mol. The van der Waals surface area contributed by atoms with Gasteiger partial charge in [0.1, 0.15) is 0 Å². The van der Waals surface area contributed by atoms with Crippen LogP contribution in [0.2, 0.25) is 0 Å². The van der Waals surface area contributed by atoms with E-state index in [2.05, 4.69) is 76.3 Å². The fraction of sp³-hybridized carbons (Fsp3) is 0. The van der Waals surface area contributed by atoms with Gasteiger partial charge in [0.15, 0.2) is 0 Å². The minimum Gasteiger partial charge on any atom is -0.274 e. The number of rotatable bonds is 1. The van der Waals surface area contributed by atoms with E-state index >= 15 is 0 Å². The maximum Gasteiger partial charge on any atom is 0.0705 e. The quantitative estimate of drug-likeness (QED) is 0.270. The molecule has 0 aliphatic rings. The average Bonchev–Trinajstić information content (AvgIpc) is 3.09. The number of fused-ring (bicyclic) bond motifs is 7. The smallest absolute Gasteiger partial charge is 0.0705 e. The van der Waals surface area contributed by atoms with Gasteiger partial charge in [-0.05, 0) is 18.2 Å². The summed E-state index contributed by atoms with van der Waals surface area (Å²) in [5.41, 5.74) is 2.50. The molecule has 106 valence electrons. The molecule has 5 aromatic rings. The van der Waals surface area contributed by atoms with Crippen molar-refractivity contribution >= 4 is 76.0 Å².